The summed E-state index contributed by atoms with van der Waals surface area (Å²) in [5, 5.41) is 15.5. The Kier molecular flexibility index (Phi) is 3.40. The molecule has 0 radical (unpaired) electrons. The number of carbonyl (C=O) groups excluding carboxylic acids is 1. The quantitative estimate of drug-likeness (QED) is 0.820. The molecule has 1 aliphatic rings. The lowest BCUT2D eigenvalue weighted by molar-refractivity contribution is -0.130. The molecule has 6 nitrogen and oxygen atoms in total. The number of nitrogens with one attached hydrogen (secondary N) is 1. The van der Waals surface area contributed by atoms with E-state index in [9.17, 15) is 4.79 Å². The van der Waals surface area contributed by atoms with Crippen LogP contribution in [0.4, 0.5) is 5.82 Å². The van der Waals surface area contributed by atoms with Crippen LogP contribution in [0.3, 0.4) is 0 Å². The highest BCUT2D eigenvalue weighted by atomic mass is 16.5. The van der Waals surface area contributed by atoms with E-state index in [0.717, 1.165) is 19.3 Å². The smallest absolute Gasteiger partial charge is 0.254 e. The van der Waals surface area contributed by atoms with E-state index in [0.29, 0.717) is 18.0 Å². The van der Waals surface area contributed by atoms with Crippen molar-refractivity contribution in [2.45, 2.75) is 25.4 Å². The van der Waals surface area contributed by atoms with Gasteiger partial charge < -0.3 is 10.1 Å². The first-order chi connectivity index (χ1) is 8.22. The van der Waals surface area contributed by atoms with Gasteiger partial charge in [-0.3, -0.25) is 9.48 Å². The lowest BCUT2D eigenvalue weighted by Gasteiger charge is -2.21. The molecule has 1 amide bonds. The summed E-state index contributed by atoms with van der Waals surface area (Å²) < 4.78 is 6.85. The Hall–Kier alpha value is -1.87. The van der Waals surface area contributed by atoms with Gasteiger partial charge in [-0.1, -0.05) is 0 Å². The Bertz CT molecular complexity index is 455. The van der Waals surface area contributed by atoms with Crippen molar-refractivity contribution in [2.75, 3.05) is 11.9 Å². The molecule has 1 aromatic heterocycles. The van der Waals surface area contributed by atoms with E-state index in [1.54, 1.807) is 7.05 Å². The number of hydrogen-bond donors (Lipinski definition) is 1. The summed E-state index contributed by atoms with van der Waals surface area (Å²) >= 11 is 0. The third-order valence-electron chi connectivity index (χ3n) is 2.77. The Labute approximate surface area is 99.2 Å². The Morgan fingerprint density at radius 3 is 3.18 bits per heavy atom. The third kappa shape index (κ3) is 2.45. The number of anilines is 1. The predicted molar refractivity (Wildman–Crippen MR) is 60.1 cm³/mol. The van der Waals surface area contributed by atoms with Crippen LogP contribution in [0.5, 0.6) is 0 Å². The normalized spacial score (nSPS) is 19.6. The number of aryl methyl sites for hydroxylation is 1. The van der Waals surface area contributed by atoms with E-state index in [1.165, 1.54) is 10.9 Å². The number of nitriles is 1. The molecule has 1 fully saturated rings. The number of nitrogens with zero attached hydrogens (tertiary/aromatic N) is 3. The van der Waals surface area contributed by atoms with Gasteiger partial charge in [0.25, 0.3) is 5.91 Å². The Morgan fingerprint density at radius 1 is 1.71 bits per heavy atom. The number of ether oxygens (including phenoxy) is 1. The molecule has 1 aromatic rings. The van der Waals surface area contributed by atoms with Crippen molar-refractivity contribution in [3.8, 4) is 6.07 Å². The molecule has 2 heterocycles. The first kappa shape index (κ1) is 11.6. The molecule has 1 N–H and O–H groups in total. The van der Waals surface area contributed by atoms with Gasteiger partial charge in [0.05, 0.1) is 6.20 Å². The van der Waals surface area contributed by atoms with Crippen molar-refractivity contribution in [2.24, 2.45) is 7.05 Å². The second-order valence-corrected chi connectivity index (χ2v) is 3.99. The summed E-state index contributed by atoms with van der Waals surface area (Å²) in [4.78, 5) is 11.9. The second kappa shape index (κ2) is 4.97. The molecule has 17 heavy (non-hydrogen) atoms. The highest BCUT2D eigenvalue weighted by Crippen LogP contribution is 2.17. The van der Waals surface area contributed by atoms with Crippen molar-refractivity contribution in [3.05, 3.63) is 11.8 Å². The predicted octanol–water partition coefficient (Wildman–Crippen LogP) is 0.799. The molecule has 1 saturated heterocycles. The standard InChI is InChI=1S/C11H14N4O2/c1-15-10(8(6-12)7-13-15)14-11(16)9-4-2-3-5-17-9/h7,9H,2-5H2,1H3,(H,14,16). The monoisotopic (exact) mass is 234 g/mol. The maximum Gasteiger partial charge on any atom is 0.254 e. The number of aromatic nitrogens is 2. The van der Waals surface area contributed by atoms with Crippen LogP contribution < -0.4 is 5.32 Å². The van der Waals surface area contributed by atoms with E-state index < -0.39 is 6.10 Å². The van der Waals surface area contributed by atoms with E-state index in [1.807, 2.05) is 6.07 Å². The molecule has 1 atom stereocenters. The van der Waals surface area contributed by atoms with Crippen molar-refractivity contribution in [1.82, 2.24) is 9.78 Å². The van der Waals surface area contributed by atoms with Gasteiger partial charge in [0.1, 0.15) is 23.6 Å². The second-order valence-electron chi connectivity index (χ2n) is 3.99. The topological polar surface area (TPSA) is 79.9 Å². The van der Waals surface area contributed by atoms with Crippen LogP contribution in [0, 0.1) is 11.3 Å². The first-order valence-electron chi connectivity index (χ1n) is 5.57. The van der Waals surface area contributed by atoms with Gasteiger partial charge in [0.15, 0.2) is 0 Å². The molecular weight excluding hydrogens is 220 g/mol. The van der Waals surface area contributed by atoms with E-state index in [-0.39, 0.29) is 5.91 Å². The zero-order valence-corrected chi connectivity index (χ0v) is 9.64. The van der Waals surface area contributed by atoms with Gasteiger partial charge in [-0.15, -0.1) is 0 Å². The zero-order chi connectivity index (χ0) is 12.3. The largest absolute Gasteiger partial charge is 0.368 e. The Morgan fingerprint density at radius 2 is 2.53 bits per heavy atom. The van der Waals surface area contributed by atoms with Crippen LogP contribution in [0.1, 0.15) is 24.8 Å². The lowest BCUT2D eigenvalue weighted by atomic mass is 10.1. The van der Waals surface area contributed by atoms with Gasteiger partial charge >= 0.3 is 0 Å². The van der Waals surface area contributed by atoms with Crippen LogP contribution in [0.15, 0.2) is 6.20 Å². The maximum absolute atomic E-state index is 11.9. The first-order valence-corrected chi connectivity index (χ1v) is 5.57. The molecule has 0 saturated carbocycles. The summed E-state index contributed by atoms with van der Waals surface area (Å²) in [7, 11) is 1.68. The number of rotatable bonds is 2. The van der Waals surface area contributed by atoms with Gasteiger partial charge in [-0.25, -0.2) is 0 Å². The highest BCUT2D eigenvalue weighted by molar-refractivity contribution is 5.94. The molecule has 1 unspecified atom stereocenters. The molecule has 2 rings (SSSR count). The lowest BCUT2D eigenvalue weighted by Crippen LogP contribution is -2.33. The summed E-state index contributed by atoms with van der Waals surface area (Å²) in [5.74, 6) is 0.219. The number of carbonyl (C=O) groups is 1. The van der Waals surface area contributed by atoms with Gasteiger partial charge in [0.2, 0.25) is 0 Å². The minimum Gasteiger partial charge on any atom is -0.368 e. The van der Waals surface area contributed by atoms with Crippen LogP contribution in [0.2, 0.25) is 0 Å². The Balaban J connectivity index is 2.07. The number of hydrogen-bond acceptors (Lipinski definition) is 4. The van der Waals surface area contributed by atoms with E-state index >= 15 is 0 Å². The summed E-state index contributed by atoms with van der Waals surface area (Å²) in [6.45, 7) is 0.620. The highest BCUT2D eigenvalue weighted by Gasteiger charge is 2.23. The molecule has 0 spiro atoms. The van der Waals surface area contributed by atoms with E-state index in [4.69, 9.17) is 10.00 Å². The molecule has 90 valence electrons. The number of amides is 1. The van der Waals surface area contributed by atoms with Crippen molar-refractivity contribution in [1.29, 1.82) is 5.26 Å². The van der Waals surface area contributed by atoms with Crippen LogP contribution in [0.25, 0.3) is 0 Å². The fraction of sp³-hybridized carbons (Fsp3) is 0.545. The van der Waals surface area contributed by atoms with Crippen molar-refractivity contribution in [3.63, 3.8) is 0 Å². The fourth-order valence-electron chi connectivity index (χ4n) is 1.81. The summed E-state index contributed by atoms with van der Waals surface area (Å²) in [6.07, 6.45) is 3.74. The minimum atomic E-state index is -0.412. The van der Waals surface area contributed by atoms with Gasteiger partial charge in [-0.2, -0.15) is 10.4 Å². The average Bonchev–Trinajstić information content (AvgIpc) is 2.71. The van der Waals surface area contributed by atoms with Gasteiger partial charge in [-0.05, 0) is 19.3 Å². The molecule has 0 aliphatic carbocycles. The molecule has 6 heteroatoms. The van der Waals surface area contributed by atoms with Crippen molar-refractivity contribution < 1.29 is 9.53 Å². The fourth-order valence-corrected chi connectivity index (χ4v) is 1.81. The van der Waals surface area contributed by atoms with Crippen LogP contribution in [-0.2, 0) is 16.6 Å². The van der Waals surface area contributed by atoms with Crippen molar-refractivity contribution >= 4 is 11.7 Å². The van der Waals surface area contributed by atoms with Crippen LogP contribution >= 0.6 is 0 Å². The molecular formula is C11H14N4O2. The summed E-state index contributed by atoms with van der Waals surface area (Å²) in [6, 6.07) is 1.99. The van der Waals surface area contributed by atoms with Crippen LogP contribution in [-0.4, -0.2) is 28.4 Å². The zero-order valence-electron chi connectivity index (χ0n) is 9.64. The van der Waals surface area contributed by atoms with Gasteiger partial charge in [0, 0.05) is 13.7 Å². The van der Waals surface area contributed by atoms with E-state index in [2.05, 4.69) is 10.4 Å². The molecule has 0 aromatic carbocycles. The SMILES string of the molecule is Cn1ncc(C#N)c1NC(=O)C1CCCCO1. The summed E-state index contributed by atoms with van der Waals surface area (Å²) in [5.41, 5.74) is 0.358. The maximum atomic E-state index is 11.9. The third-order valence-corrected chi connectivity index (χ3v) is 2.77. The average molecular weight is 234 g/mol. The molecule has 1 aliphatic heterocycles. The molecule has 0 bridgehead atoms. The minimum absolute atomic E-state index is 0.204.